The molecule has 0 aliphatic rings. The van der Waals surface area contributed by atoms with Crippen LogP contribution in [-0.2, 0) is 4.79 Å². The van der Waals surface area contributed by atoms with Crippen LogP contribution in [0.1, 0.15) is 285 Å². The van der Waals surface area contributed by atoms with Gasteiger partial charge in [0.2, 0.25) is 6.41 Å². The van der Waals surface area contributed by atoms with Crippen LogP contribution in [0.3, 0.4) is 0 Å². The summed E-state index contributed by atoms with van der Waals surface area (Å²) in [6.07, 6.45) is 54.9. The standard InChI is InChI=1S/C56H116N4O/c1-6-11-16-21-26-31-36-46-58(47-37-32-27-22-17-12-7-2)51-43-56(42-41-45-57-55-61)44-52-60(50-40-35-30-25-20-15-10-5)54-53-59(48-38-33-28-23-18-13-8-3)49-39-34-29-24-19-14-9-4/h55-56H,6-54H2,1-5H3,(H,57,61). The minimum absolute atomic E-state index is 0.743. The van der Waals surface area contributed by atoms with E-state index in [0.717, 1.165) is 25.3 Å². The molecule has 1 atom stereocenters. The first-order valence-electron chi connectivity index (χ1n) is 28.5. The lowest BCUT2D eigenvalue weighted by atomic mass is 9.94. The summed E-state index contributed by atoms with van der Waals surface area (Å²) in [4.78, 5) is 19.8. The zero-order chi connectivity index (χ0) is 44.4. The van der Waals surface area contributed by atoms with E-state index < -0.39 is 0 Å². The highest BCUT2D eigenvalue weighted by molar-refractivity contribution is 5.45. The van der Waals surface area contributed by atoms with E-state index in [1.165, 1.54) is 303 Å². The van der Waals surface area contributed by atoms with Crippen molar-refractivity contribution in [3.05, 3.63) is 0 Å². The van der Waals surface area contributed by atoms with E-state index in [1.807, 2.05) is 0 Å². The van der Waals surface area contributed by atoms with Gasteiger partial charge in [-0.2, -0.15) is 0 Å². The van der Waals surface area contributed by atoms with Gasteiger partial charge in [0, 0.05) is 19.6 Å². The molecular weight excluding hydrogens is 745 g/mol. The summed E-state index contributed by atoms with van der Waals surface area (Å²) in [5.74, 6) is 0.743. The minimum atomic E-state index is 0.743. The van der Waals surface area contributed by atoms with Gasteiger partial charge in [0.05, 0.1) is 0 Å². The maximum Gasteiger partial charge on any atom is 0.207 e. The van der Waals surface area contributed by atoms with E-state index in [9.17, 15) is 4.79 Å². The third-order valence-corrected chi connectivity index (χ3v) is 13.8. The van der Waals surface area contributed by atoms with Gasteiger partial charge >= 0.3 is 0 Å². The molecule has 366 valence electrons. The van der Waals surface area contributed by atoms with E-state index in [-0.39, 0.29) is 0 Å². The average molecular weight is 862 g/mol. The summed E-state index contributed by atoms with van der Waals surface area (Å²) in [6.45, 7) is 23.9. The molecule has 1 N–H and O–H groups in total. The van der Waals surface area contributed by atoms with E-state index in [0.29, 0.717) is 0 Å². The summed E-state index contributed by atoms with van der Waals surface area (Å²) in [7, 11) is 0. The maximum absolute atomic E-state index is 11.1. The number of nitrogens with zero attached hydrogens (tertiary/aromatic N) is 3. The number of amides is 1. The Bertz CT molecular complexity index is 773. The highest BCUT2D eigenvalue weighted by Crippen LogP contribution is 2.20. The van der Waals surface area contributed by atoms with Crippen molar-refractivity contribution in [2.45, 2.75) is 285 Å². The second kappa shape index (κ2) is 52.0. The summed E-state index contributed by atoms with van der Waals surface area (Å²) in [6, 6.07) is 0. The molecule has 61 heavy (non-hydrogen) atoms. The molecule has 0 bridgehead atoms. The third-order valence-electron chi connectivity index (χ3n) is 13.8. The molecule has 0 rings (SSSR count). The van der Waals surface area contributed by atoms with E-state index in [1.54, 1.807) is 0 Å². The SMILES string of the molecule is CCCCCCCCCN(CCCCCCCCC)CCC(CCCNC=O)CCN(CCCCCCCCC)CCN(CCCCCCCCC)CCCCCCCCC. The predicted molar refractivity (Wildman–Crippen MR) is 275 cm³/mol. The average Bonchev–Trinajstić information content (AvgIpc) is 3.27. The van der Waals surface area contributed by atoms with Gasteiger partial charge in [-0.15, -0.1) is 0 Å². The molecule has 0 saturated carbocycles. The Morgan fingerprint density at radius 3 is 0.820 bits per heavy atom. The van der Waals surface area contributed by atoms with Crippen LogP contribution in [0.15, 0.2) is 0 Å². The van der Waals surface area contributed by atoms with Gasteiger partial charge in [0.1, 0.15) is 0 Å². The Morgan fingerprint density at radius 1 is 0.295 bits per heavy atom. The quantitative estimate of drug-likeness (QED) is 0.0488. The van der Waals surface area contributed by atoms with E-state index >= 15 is 0 Å². The van der Waals surface area contributed by atoms with Crippen molar-refractivity contribution in [3.63, 3.8) is 0 Å². The van der Waals surface area contributed by atoms with Crippen LogP contribution < -0.4 is 5.32 Å². The van der Waals surface area contributed by atoms with Gasteiger partial charge in [-0.3, -0.25) is 4.79 Å². The topological polar surface area (TPSA) is 38.8 Å². The van der Waals surface area contributed by atoms with Gasteiger partial charge in [-0.25, -0.2) is 0 Å². The van der Waals surface area contributed by atoms with Crippen molar-refractivity contribution in [2.75, 3.05) is 65.4 Å². The number of carbonyl (C=O) groups is 1. The second-order valence-corrected chi connectivity index (χ2v) is 19.8. The lowest BCUT2D eigenvalue weighted by Gasteiger charge is -2.30. The highest BCUT2D eigenvalue weighted by atomic mass is 16.1. The number of carbonyl (C=O) groups excluding carboxylic acids is 1. The van der Waals surface area contributed by atoms with E-state index in [2.05, 4.69) is 54.6 Å². The molecule has 0 aromatic carbocycles. The fourth-order valence-corrected chi connectivity index (χ4v) is 9.47. The Hall–Kier alpha value is -0.650. The van der Waals surface area contributed by atoms with Crippen molar-refractivity contribution in [1.82, 2.24) is 20.0 Å². The van der Waals surface area contributed by atoms with E-state index in [4.69, 9.17) is 0 Å². The summed E-state index contributed by atoms with van der Waals surface area (Å²) < 4.78 is 0. The molecule has 1 amide bonds. The van der Waals surface area contributed by atoms with Crippen molar-refractivity contribution >= 4 is 6.41 Å². The van der Waals surface area contributed by atoms with Crippen LogP contribution in [0, 0.1) is 5.92 Å². The molecule has 0 aliphatic carbocycles. The summed E-state index contributed by atoms with van der Waals surface area (Å²) in [5.41, 5.74) is 0. The van der Waals surface area contributed by atoms with Crippen LogP contribution in [-0.4, -0.2) is 86.6 Å². The first-order valence-corrected chi connectivity index (χ1v) is 28.5. The summed E-state index contributed by atoms with van der Waals surface area (Å²) in [5, 5.41) is 2.98. The van der Waals surface area contributed by atoms with Crippen LogP contribution in [0.2, 0.25) is 0 Å². The monoisotopic (exact) mass is 861 g/mol. The second-order valence-electron chi connectivity index (χ2n) is 19.8. The Labute approximate surface area is 386 Å². The van der Waals surface area contributed by atoms with Crippen molar-refractivity contribution < 1.29 is 4.79 Å². The lowest BCUT2D eigenvalue weighted by molar-refractivity contribution is -0.109. The molecule has 0 aliphatic heterocycles. The largest absolute Gasteiger partial charge is 0.359 e. The molecule has 0 aromatic rings. The van der Waals surface area contributed by atoms with Crippen LogP contribution >= 0.6 is 0 Å². The predicted octanol–water partition coefficient (Wildman–Crippen LogP) is 16.6. The van der Waals surface area contributed by atoms with Crippen LogP contribution in [0.25, 0.3) is 0 Å². The lowest BCUT2D eigenvalue weighted by Crippen LogP contribution is -2.38. The molecule has 0 saturated heterocycles. The highest BCUT2D eigenvalue weighted by Gasteiger charge is 2.16. The fourth-order valence-electron chi connectivity index (χ4n) is 9.47. The van der Waals surface area contributed by atoms with Crippen LogP contribution in [0.5, 0.6) is 0 Å². The normalized spacial score (nSPS) is 12.4. The van der Waals surface area contributed by atoms with Gasteiger partial charge in [-0.05, 0) is 110 Å². The number of hydrogen-bond donors (Lipinski definition) is 1. The first-order chi connectivity index (χ1) is 30.1. The number of nitrogens with one attached hydrogen (secondary N) is 1. The molecule has 1 unspecified atom stereocenters. The third kappa shape index (κ3) is 45.7. The van der Waals surface area contributed by atoms with Gasteiger partial charge < -0.3 is 20.0 Å². The van der Waals surface area contributed by atoms with Crippen molar-refractivity contribution in [2.24, 2.45) is 5.92 Å². The zero-order valence-electron chi connectivity index (χ0n) is 43.1. The fraction of sp³-hybridized carbons (Fsp3) is 0.982. The summed E-state index contributed by atoms with van der Waals surface area (Å²) >= 11 is 0. The van der Waals surface area contributed by atoms with Gasteiger partial charge in [0.25, 0.3) is 0 Å². The maximum atomic E-state index is 11.1. The molecule has 0 heterocycles. The van der Waals surface area contributed by atoms with Crippen molar-refractivity contribution in [3.8, 4) is 0 Å². The number of unbranched alkanes of at least 4 members (excludes halogenated alkanes) is 30. The molecule has 0 fully saturated rings. The number of rotatable bonds is 54. The van der Waals surface area contributed by atoms with Crippen LogP contribution in [0.4, 0.5) is 0 Å². The first kappa shape index (κ1) is 60.4. The Kier molecular flexibility index (Phi) is 51.4. The molecule has 0 radical (unpaired) electrons. The molecular formula is C56H116N4O. The minimum Gasteiger partial charge on any atom is -0.359 e. The number of hydrogen-bond acceptors (Lipinski definition) is 4. The Balaban J connectivity index is 5.61. The smallest absolute Gasteiger partial charge is 0.207 e. The molecule has 5 nitrogen and oxygen atoms in total. The molecule has 0 aromatic heterocycles. The van der Waals surface area contributed by atoms with Crippen molar-refractivity contribution in [1.29, 1.82) is 0 Å². The Morgan fingerprint density at radius 2 is 0.541 bits per heavy atom. The van der Waals surface area contributed by atoms with Gasteiger partial charge in [0.15, 0.2) is 0 Å². The molecule has 0 spiro atoms. The molecule has 5 heteroatoms. The zero-order valence-corrected chi connectivity index (χ0v) is 43.1. The van der Waals surface area contributed by atoms with Gasteiger partial charge in [-0.1, -0.05) is 227 Å².